The number of nitrogens with one attached hydrogen (secondary N) is 1. The number of nitrogens with zero attached hydrogens (tertiary/aromatic N) is 1. The number of pyridine rings is 1. The molecule has 1 heterocycles. The van der Waals surface area contributed by atoms with Crippen molar-refractivity contribution in [2.24, 2.45) is 0 Å². The van der Waals surface area contributed by atoms with Crippen LogP contribution in [0.25, 0.3) is 0 Å². The average Bonchev–Trinajstić information content (AvgIpc) is 2.76. The summed E-state index contributed by atoms with van der Waals surface area (Å²) in [5, 5.41) is 3.09. The molecule has 0 spiro atoms. The highest BCUT2D eigenvalue weighted by atomic mass is 79.9. The van der Waals surface area contributed by atoms with Crippen LogP contribution in [-0.2, 0) is 6.42 Å². The summed E-state index contributed by atoms with van der Waals surface area (Å²) in [5.74, 6) is -0.0615. The maximum absolute atomic E-state index is 12.2. The first kappa shape index (κ1) is 12.4. The van der Waals surface area contributed by atoms with Gasteiger partial charge in [0.25, 0.3) is 5.91 Å². The van der Waals surface area contributed by atoms with Crippen LogP contribution >= 0.6 is 15.9 Å². The van der Waals surface area contributed by atoms with Crippen LogP contribution in [0, 0.1) is 0 Å². The van der Waals surface area contributed by atoms with Crippen LogP contribution in [0.15, 0.2) is 48.8 Å². The van der Waals surface area contributed by atoms with Gasteiger partial charge < -0.3 is 5.32 Å². The van der Waals surface area contributed by atoms with Crippen molar-refractivity contribution in [1.29, 1.82) is 0 Å². The number of rotatable bonds is 2. The van der Waals surface area contributed by atoms with E-state index in [1.165, 1.54) is 11.1 Å². The highest BCUT2D eigenvalue weighted by Gasteiger charge is 2.31. The van der Waals surface area contributed by atoms with Gasteiger partial charge in [0.05, 0.1) is 6.04 Å². The van der Waals surface area contributed by atoms with Gasteiger partial charge in [-0.05, 0) is 29.7 Å². The number of hydrogen-bond acceptors (Lipinski definition) is 2. The summed E-state index contributed by atoms with van der Waals surface area (Å²) in [6.45, 7) is 0. The predicted octanol–water partition coefficient (Wildman–Crippen LogP) is 2.87. The number of fused-ring (bicyclic) bond motifs is 1. The van der Waals surface area contributed by atoms with E-state index >= 15 is 0 Å². The minimum absolute atomic E-state index is 0.0249. The molecule has 0 aliphatic heterocycles. The zero-order chi connectivity index (χ0) is 13.2. The monoisotopic (exact) mass is 316 g/mol. The van der Waals surface area contributed by atoms with E-state index in [2.05, 4.69) is 38.4 Å². The minimum atomic E-state index is -0.0615. The van der Waals surface area contributed by atoms with Gasteiger partial charge in [0.15, 0.2) is 0 Å². The van der Waals surface area contributed by atoms with Crippen LogP contribution in [-0.4, -0.2) is 15.7 Å². The van der Waals surface area contributed by atoms with Crippen molar-refractivity contribution in [2.75, 3.05) is 0 Å². The molecular weight excluding hydrogens is 304 g/mol. The molecule has 0 fully saturated rings. The maximum Gasteiger partial charge on any atom is 0.251 e. The van der Waals surface area contributed by atoms with Crippen LogP contribution in [0.3, 0.4) is 0 Å². The Morgan fingerprint density at radius 3 is 2.74 bits per heavy atom. The third-order valence-corrected chi connectivity index (χ3v) is 4.25. The standard InChI is InChI=1S/C15H13BrN2O/c16-13-9-11-3-1-2-4-12(11)14(13)18-15(19)10-5-7-17-8-6-10/h1-8,13-14H,9H2,(H,18,19). The van der Waals surface area contributed by atoms with Crippen LogP contribution in [0.1, 0.15) is 27.5 Å². The minimum Gasteiger partial charge on any atom is -0.344 e. The molecule has 1 aliphatic carbocycles. The molecule has 2 atom stereocenters. The second kappa shape index (κ2) is 5.13. The predicted molar refractivity (Wildman–Crippen MR) is 77.3 cm³/mol. The zero-order valence-corrected chi connectivity index (χ0v) is 11.8. The van der Waals surface area contributed by atoms with E-state index in [1.807, 2.05) is 12.1 Å². The van der Waals surface area contributed by atoms with E-state index in [0.717, 1.165) is 6.42 Å². The lowest BCUT2D eigenvalue weighted by molar-refractivity contribution is 0.0938. The summed E-state index contributed by atoms with van der Waals surface area (Å²) in [6, 6.07) is 11.7. The Morgan fingerprint density at radius 1 is 1.21 bits per heavy atom. The van der Waals surface area contributed by atoms with Gasteiger partial charge in [-0.2, -0.15) is 0 Å². The number of aromatic nitrogens is 1. The summed E-state index contributed by atoms with van der Waals surface area (Å²) in [6.07, 6.45) is 4.20. The van der Waals surface area contributed by atoms with Gasteiger partial charge in [0.1, 0.15) is 0 Å². The van der Waals surface area contributed by atoms with Crippen molar-refractivity contribution in [3.05, 3.63) is 65.5 Å². The molecule has 1 aromatic heterocycles. The Bertz CT molecular complexity index is 600. The fourth-order valence-corrected chi connectivity index (χ4v) is 3.21. The average molecular weight is 317 g/mol. The fourth-order valence-electron chi connectivity index (χ4n) is 2.44. The Kier molecular flexibility index (Phi) is 3.34. The van der Waals surface area contributed by atoms with Crippen molar-refractivity contribution < 1.29 is 4.79 Å². The van der Waals surface area contributed by atoms with Crippen LogP contribution in [0.4, 0.5) is 0 Å². The number of halogens is 1. The molecule has 1 amide bonds. The smallest absolute Gasteiger partial charge is 0.251 e. The lowest BCUT2D eigenvalue weighted by Crippen LogP contribution is -2.31. The van der Waals surface area contributed by atoms with Gasteiger partial charge in [0.2, 0.25) is 0 Å². The third kappa shape index (κ3) is 2.40. The van der Waals surface area contributed by atoms with Gasteiger partial charge >= 0.3 is 0 Å². The topological polar surface area (TPSA) is 42.0 Å². The van der Waals surface area contributed by atoms with Gasteiger partial charge in [0, 0.05) is 22.8 Å². The molecule has 0 saturated heterocycles. The largest absolute Gasteiger partial charge is 0.344 e. The summed E-state index contributed by atoms with van der Waals surface area (Å²) >= 11 is 3.66. The van der Waals surface area contributed by atoms with Crippen molar-refractivity contribution in [3.8, 4) is 0 Å². The van der Waals surface area contributed by atoms with E-state index in [1.54, 1.807) is 24.5 Å². The lowest BCUT2D eigenvalue weighted by Gasteiger charge is -2.17. The number of benzene rings is 1. The number of alkyl halides is 1. The quantitative estimate of drug-likeness (QED) is 0.866. The molecule has 1 N–H and O–H groups in total. The Hall–Kier alpha value is -1.68. The first-order valence-electron chi connectivity index (χ1n) is 6.18. The molecular formula is C15H13BrN2O. The number of carbonyl (C=O) groups is 1. The van der Waals surface area contributed by atoms with Gasteiger partial charge in [-0.15, -0.1) is 0 Å². The number of hydrogen-bond donors (Lipinski definition) is 1. The summed E-state index contributed by atoms with van der Waals surface area (Å²) in [4.78, 5) is 16.4. The molecule has 3 nitrogen and oxygen atoms in total. The molecule has 1 aliphatic rings. The van der Waals surface area contributed by atoms with Crippen molar-refractivity contribution in [3.63, 3.8) is 0 Å². The van der Waals surface area contributed by atoms with E-state index in [9.17, 15) is 4.79 Å². The molecule has 2 unspecified atom stereocenters. The van der Waals surface area contributed by atoms with Crippen molar-refractivity contribution in [1.82, 2.24) is 10.3 Å². The molecule has 1 aromatic carbocycles. The van der Waals surface area contributed by atoms with E-state index < -0.39 is 0 Å². The first-order valence-corrected chi connectivity index (χ1v) is 7.10. The molecule has 3 rings (SSSR count). The summed E-state index contributed by atoms with van der Waals surface area (Å²) in [5.41, 5.74) is 3.13. The van der Waals surface area contributed by atoms with Crippen molar-refractivity contribution >= 4 is 21.8 Å². The van der Waals surface area contributed by atoms with E-state index in [-0.39, 0.29) is 16.8 Å². The highest BCUT2D eigenvalue weighted by Crippen LogP contribution is 2.35. The normalized spacial score (nSPS) is 20.9. The number of carbonyl (C=O) groups excluding carboxylic acids is 1. The van der Waals surface area contributed by atoms with Crippen LogP contribution in [0.2, 0.25) is 0 Å². The lowest BCUT2D eigenvalue weighted by atomic mass is 10.1. The second-order valence-corrected chi connectivity index (χ2v) is 5.78. The molecule has 0 radical (unpaired) electrons. The Morgan fingerprint density at radius 2 is 1.95 bits per heavy atom. The molecule has 96 valence electrons. The maximum atomic E-state index is 12.2. The van der Waals surface area contributed by atoms with Gasteiger partial charge in [-0.3, -0.25) is 9.78 Å². The van der Waals surface area contributed by atoms with Crippen molar-refractivity contribution in [2.45, 2.75) is 17.3 Å². The Labute approximate surface area is 120 Å². The van der Waals surface area contributed by atoms with Gasteiger partial charge in [-0.25, -0.2) is 0 Å². The number of amides is 1. The van der Waals surface area contributed by atoms with Crippen LogP contribution in [0.5, 0.6) is 0 Å². The molecule has 19 heavy (non-hydrogen) atoms. The molecule has 0 saturated carbocycles. The fraction of sp³-hybridized carbons (Fsp3) is 0.200. The second-order valence-electron chi connectivity index (χ2n) is 4.61. The molecule has 2 aromatic rings. The van der Waals surface area contributed by atoms with Gasteiger partial charge in [-0.1, -0.05) is 40.2 Å². The molecule has 0 bridgehead atoms. The summed E-state index contributed by atoms with van der Waals surface area (Å²) < 4.78 is 0. The SMILES string of the molecule is O=C(NC1c2ccccc2CC1Br)c1ccncc1. The highest BCUT2D eigenvalue weighted by molar-refractivity contribution is 9.09. The van der Waals surface area contributed by atoms with E-state index in [4.69, 9.17) is 0 Å². The first-order chi connectivity index (χ1) is 9.25. The Balaban J connectivity index is 1.82. The third-order valence-electron chi connectivity index (χ3n) is 3.40. The van der Waals surface area contributed by atoms with E-state index in [0.29, 0.717) is 5.56 Å². The molecule has 4 heteroatoms. The zero-order valence-electron chi connectivity index (χ0n) is 10.2. The van der Waals surface area contributed by atoms with Crippen LogP contribution < -0.4 is 5.32 Å². The summed E-state index contributed by atoms with van der Waals surface area (Å²) in [7, 11) is 0.